The first-order valence-corrected chi connectivity index (χ1v) is 8.94. The van der Waals surface area contributed by atoms with Crippen LogP contribution in [0.3, 0.4) is 0 Å². The van der Waals surface area contributed by atoms with E-state index in [1.807, 2.05) is 34.3 Å². The second-order valence-electron chi connectivity index (χ2n) is 5.75. The van der Waals surface area contributed by atoms with E-state index in [-0.39, 0.29) is 6.79 Å². The first-order chi connectivity index (χ1) is 12.8. The zero-order valence-corrected chi connectivity index (χ0v) is 14.4. The van der Waals surface area contributed by atoms with Crippen molar-refractivity contribution >= 4 is 22.2 Å². The van der Waals surface area contributed by atoms with Crippen LogP contribution in [0, 0.1) is 0 Å². The molecular weight excluding hydrogens is 348 g/mol. The van der Waals surface area contributed by atoms with Crippen LogP contribution >= 0.6 is 11.3 Å². The van der Waals surface area contributed by atoms with E-state index in [4.69, 9.17) is 9.47 Å². The molecule has 1 aliphatic rings. The third-order valence-corrected chi connectivity index (χ3v) is 4.85. The third kappa shape index (κ3) is 2.78. The van der Waals surface area contributed by atoms with Gasteiger partial charge >= 0.3 is 0 Å². The van der Waals surface area contributed by atoms with Gasteiger partial charge in [-0.3, -0.25) is 0 Å². The molecular formula is C19H14N4O2S. The van der Waals surface area contributed by atoms with Crippen molar-refractivity contribution in [3.63, 3.8) is 0 Å². The van der Waals surface area contributed by atoms with Gasteiger partial charge in [0.2, 0.25) is 6.79 Å². The number of thiazole rings is 1. The average Bonchev–Trinajstić information content (AvgIpc) is 3.43. The normalized spacial score (nSPS) is 12.3. The van der Waals surface area contributed by atoms with Gasteiger partial charge < -0.3 is 19.4 Å². The Balaban J connectivity index is 1.35. The molecule has 0 aliphatic carbocycles. The number of imidazole rings is 1. The fraction of sp³-hybridized carbons (Fsp3) is 0.0526. The maximum Gasteiger partial charge on any atom is 0.231 e. The highest BCUT2D eigenvalue weighted by atomic mass is 32.1. The highest BCUT2D eigenvalue weighted by Crippen LogP contribution is 2.36. The van der Waals surface area contributed by atoms with Gasteiger partial charge in [0.15, 0.2) is 16.6 Å². The third-order valence-electron chi connectivity index (χ3n) is 4.09. The summed E-state index contributed by atoms with van der Waals surface area (Å²) in [5.74, 6) is 1.52. The molecule has 5 rings (SSSR count). The van der Waals surface area contributed by atoms with Crippen molar-refractivity contribution in [2.75, 3.05) is 12.1 Å². The van der Waals surface area contributed by atoms with Gasteiger partial charge in [-0.1, -0.05) is 12.1 Å². The molecule has 3 heterocycles. The number of hydrogen-bond acceptors (Lipinski definition) is 6. The van der Waals surface area contributed by atoms with Crippen LogP contribution in [-0.2, 0) is 0 Å². The molecule has 0 bridgehead atoms. The standard InChI is InChI=1S/C19H14N4O2S/c1-4-15(23-8-7-20-11-23)5-2-13(1)16-10-26-19(22-16)21-14-3-6-17-18(9-14)25-12-24-17/h1-11H,12H2,(H,21,22). The van der Waals surface area contributed by atoms with Crippen LogP contribution in [0.25, 0.3) is 16.9 Å². The SMILES string of the molecule is c1cn(-c2ccc(-c3csc(Nc4ccc5c(c4)OCO5)n3)cc2)cn1. The summed E-state index contributed by atoms with van der Waals surface area (Å²) < 4.78 is 12.7. The fourth-order valence-electron chi connectivity index (χ4n) is 2.78. The Kier molecular flexibility index (Phi) is 3.57. The minimum absolute atomic E-state index is 0.273. The number of fused-ring (bicyclic) bond motifs is 1. The molecule has 26 heavy (non-hydrogen) atoms. The molecule has 7 heteroatoms. The van der Waals surface area contributed by atoms with Crippen LogP contribution in [0.15, 0.2) is 66.6 Å². The van der Waals surface area contributed by atoms with Crippen LogP contribution in [0.1, 0.15) is 0 Å². The molecule has 128 valence electrons. The monoisotopic (exact) mass is 362 g/mol. The van der Waals surface area contributed by atoms with Crippen molar-refractivity contribution in [1.29, 1.82) is 0 Å². The summed E-state index contributed by atoms with van der Waals surface area (Å²) in [5, 5.41) is 6.19. The van der Waals surface area contributed by atoms with E-state index >= 15 is 0 Å². The van der Waals surface area contributed by atoms with Gasteiger partial charge in [0.05, 0.1) is 12.0 Å². The zero-order valence-electron chi connectivity index (χ0n) is 13.6. The first kappa shape index (κ1) is 15.0. The van der Waals surface area contributed by atoms with Gasteiger partial charge in [-0.2, -0.15) is 0 Å². The minimum Gasteiger partial charge on any atom is -0.454 e. The quantitative estimate of drug-likeness (QED) is 0.580. The lowest BCUT2D eigenvalue weighted by atomic mass is 10.1. The van der Waals surface area contributed by atoms with Crippen LogP contribution in [-0.4, -0.2) is 21.3 Å². The number of rotatable bonds is 4. The first-order valence-electron chi connectivity index (χ1n) is 8.06. The summed E-state index contributed by atoms with van der Waals surface area (Å²) in [6.07, 6.45) is 5.47. The van der Waals surface area contributed by atoms with Crippen LogP contribution in [0.5, 0.6) is 11.5 Å². The Morgan fingerprint density at radius 2 is 1.92 bits per heavy atom. The Labute approximate surface area is 153 Å². The van der Waals surface area contributed by atoms with Crippen LogP contribution < -0.4 is 14.8 Å². The molecule has 0 radical (unpaired) electrons. The van der Waals surface area contributed by atoms with Gasteiger partial charge in [-0.15, -0.1) is 11.3 Å². The predicted molar refractivity (Wildman–Crippen MR) is 101 cm³/mol. The van der Waals surface area contributed by atoms with E-state index in [2.05, 4.69) is 39.6 Å². The molecule has 0 atom stereocenters. The molecule has 2 aromatic carbocycles. The summed E-state index contributed by atoms with van der Waals surface area (Å²) in [4.78, 5) is 8.75. The summed E-state index contributed by atoms with van der Waals surface area (Å²) in [6, 6.07) is 14.0. The van der Waals surface area contributed by atoms with E-state index in [0.717, 1.165) is 39.3 Å². The predicted octanol–water partition coefficient (Wildman–Crippen LogP) is 4.47. The molecule has 0 unspecified atom stereocenters. The second kappa shape index (κ2) is 6.20. The van der Waals surface area contributed by atoms with Gasteiger partial charge in [0.1, 0.15) is 0 Å². The van der Waals surface area contributed by atoms with Gasteiger partial charge in [-0.05, 0) is 24.3 Å². The minimum atomic E-state index is 0.273. The summed E-state index contributed by atoms with van der Waals surface area (Å²) in [5.41, 5.74) is 4.00. The smallest absolute Gasteiger partial charge is 0.231 e. The molecule has 1 aliphatic heterocycles. The lowest BCUT2D eigenvalue weighted by Crippen LogP contribution is -1.93. The number of aromatic nitrogens is 3. The van der Waals surface area contributed by atoms with Crippen molar-refractivity contribution < 1.29 is 9.47 Å². The van der Waals surface area contributed by atoms with E-state index in [9.17, 15) is 0 Å². The number of benzene rings is 2. The van der Waals surface area contributed by atoms with E-state index < -0.39 is 0 Å². The van der Waals surface area contributed by atoms with Crippen molar-refractivity contribution in [2.24, 2.45) is 0 Å². The number of nitrogens with zero attached hydrogens (tertiary/aromatic N) is 3. The topological polar surface area (TPSA) is 61.2 Å². The Hall–Kier alpha value is -3.32. The highest BCUT2D eigenvalue weighted by Gasteiger charge is 2.14. The van der Waals surface area contributed by atoms with Gasteiger partial charge in [-0.25, -0.2) is 9.97 Å². The summed E-state index contributed by atoms with van der Waals surface area (Å²) in [6.45, 7) is 0.273. The Bertz CT molecular complexity index is 1040. The van der Waals surface area contributed by atoms with E-state index in [1.54, 1.807) is 23.9 Å². The summed E-state index contributed by atoms with van der Waals surface area (Å²) >= 11 is 1.56. The maximum absolute atomic E-state index is 5.41. The molecule has 6 nitrogen and oxygen atoms in total. The van der Waals surface area contributed by atoms with Crippen molar-refractivity contribution in [3.05, 3.63) is 66.6 Å². The number of nitrogens with one attached hydrogen (secondary N) is 1. The van der Waals surface area contributed by atoms with E-state index in [0.29, 0.717) is 0 Å². The molecule has 0 spiro atoms. The zero-order chi connectivity index (χ0) is 17.3. The Morgan fingerprint density at radius 3 is 2.77 bits per heavy atom. The molecule has 4 aromatic rings. The second-order valence-corrected chi connectivity index (χ2v) is 6.61. The molecule has 0 amide bonds. The number of ether oxygens (including phenoxy) is 2. The molecule has 0 saturated carbocycles. The highest BCUT2D eigenvalue weighted by molar-refractivity contribution is 7.14. The van der Waals surface area contributed by atoms with Crippen molar-refractivity contribution in [1.82, 2.24) is 14.5 Å². The fourth-order valence-corrected chi connectivity index (χ4v) is 3.52. The summed E-state index contributed by atoms with van der Waals surface area (Å²) in [7, 11) is 0. The van der Waals surface area contributed by atoms with Crippen molar-refractivity contribution in [2.45, 2.75) is 0 Å². The lowest BCUT2D eigenvalue weighted by Gasteiger charge is -2.04. The van der Waals surface area contributed by atoms with Crippen molar-refractivity contribution in [3.8, 4) is 28.4 Å². The molecule has 0 fully saturated rings. The van der Waals surface area contributed by atoms with E-state index in [1.165, 1.54) is 0 Å². The molecule has 0 saturated heterocycles. The van der Waals surface area contributed by atoms with Gasteiger partial charge in [0.25, 0.3) is 0 Å². The van der Waals surface area contributed by atoms with Gasteiger partial charge in [0, 0.05) is 40.8 Å². The lowest BCUT2D eigenvalue weighted by molar-refractivity contribution is 0.174. The maximum atomic E-state index is 5.41. The van der Waals surface area contributed by atoms with Crippen LogP contribution in [0.2, 0.25) is 0 Å². The molecule has 1 N–H and O–H groups in total. The largest absolute Gasteiger partial charge is 0.454 e. The average molecular weight is 362 g/mol. The molecule has 2 aromatic heterocycles. The Morgan fingerprint density at radius 1 is 1.04 bits per heavy atom. The number of anilines is 2. The number of hydrogen-bond donors (Lipinski definition) is 1. The van der Waals surface area contributed by atoms with Crippen LogP contribution in [0.4, 0.5) is 10.8 Å².